The number of halogens is 2. The first kappa shape index (κ1) is 15.8. The van der Waals surface area contributed by atoms with Crippen molar-refractivity contribution in [1.82, 2.24) is 0 Å². The van der Waals surface area contributed by atoms with Gasteiger partial charge in [0.2, 0.25) is 5.91 Å². The Morgan fingerprint density at radius 2 is 1.95 bits per heavy atom. The van der Waals surface area contributed by atoms with E-state index < -0.39 is 17.6 Å². The number of amides is 1. The number of alkyl halides is 2. The predicted molar refractivity (Wildman–Crippen MR) is 71.9 cm³/mol. The van der Waals surface area contributed by atoms with E-state index in [-0.39, 0.29) is 16.4 Å². The van der Waals surface area contributed by atoms with Crippen molar-refractivity contribution in [3.8, 4) is 0 Å². The van der Waals surface area contributed by atoms with Gasteiger partial charge in [0.1, 0.15) is 0 Å². The van der Waals surface area contributed by atoms with E-state index in [0.717, 1.165) is 11.8 Å². The molecule has 0 spiro atoms. The lowest BCUT2D eigenvalue weighted by molar-refractivity contribution is -0.133. The molecule has 2 N–H and O–H groups in total. The van der Waals surface area contributed by atoms with E-state index in [4.69, 9.17) is 5.11 Å². The number of para-hydroxylation sites is 1. The number of thioether (sulfide) groups is 2. The topological polar surface area (TPSA) is 66.4 Å². The highest BCUT2D eigenvalue weighted by Gasteiger charge is 2.12. The molecule has 1 rings (SSSR count). The number of nitrogens with one attached hydrogen (secondary N) is 1. The van der Waals surface area contributed by atoms with Crippen LogP contribution in [0.4, 0.5) is 14.5 Å². The summed E-state index contributed by atoms with van der Waals surface area (Å²) in [7, 11) is 0. The second kappa shape index (κ2) is 8.00. The quantitative estimate of drug-likeness (QED) is 0.758. The average Bonchev–Trinajstić information content (AvgIpc) is 2.30. The van der Waals surface area contributed by atoms with Crippen molar-refractivity contribution in [2.24, 2.45) is 0 Å². The minimum absolute atomic E-state index is 0.0417. The largest absolute Gasteiger partial charge is 0.481 e. The molecule has 4 nitrogen and oxygen atoms in total. The fourth-order valence-corrected chi connectivity index (χ4v) is 2.32. The van der Waals surface area contributed by atoms with E-state index in [1.807, 2.05) is 0 Å². The van der Waals surface area contributed by atoms with Gasteiger partial charge in [0.05, 0.1) is 17.2 Å². The summed E-state index contributed by atoms with van der Waals surface area (Å²) >= 11 is 1.29. The Bertz CT molecular complexity index is 457. The summed E-state index contributed by atoms with van der Waals surface area (Å²) in [6.07, 6.45) is 0. The highest BCUT2D eigenvalue weighted by Crippen LogP contribution is 2.31. The van der Waals surface area contributed by atoms with Crippen molar-refractivity contribution in [2.45, 2.75) is 10.7 Å². The molecule has 1 amide bonds. The first-order valence-electron chi connectivity index (χ1n) is 5.12. The molecule has 19 heavy (non-hydrogen) atoms. The lowest BCUT2D eigenvalue weighted by Gasteiger charge is -2.09. The molecule has 8 heteroatoms. The molecule has 1 aromatic carbocycles. The van der Waals surface area contributed by atoms with Crippen molar-refractivity contribution >= 4 is 41.1 Å². The second-order valence-corrected chi connectivity index (χ2v) is 5.33. The molecule has 0 atom stereocenters. The van der Waals surface area contributed by atoms with Crippen molar-refractivity contribution < 1.29 is 23.5 Å². The van der Waals surface area contributed by atoms with E-state index in [2.05, 4.69) is 5.32 Å². The number of carbonyl (C=O) groups is 2. The van der Waals surface area contributed by atoms with Gasteiger partial charge in [0.25, 0.3) is 5.76 Å². The Kier molecular flexibility index (Phi) is 6.65. The molecular weight excluding hydrogens is 296 g/mol. The van der Waals surface area contributed by atoms with Crippen LogP contribution in [0.3, 0.4) is 0 Å². The van der Waals surface area contributed by atoms with Gasteiger partial charge >= 0.3 is 5.97 Å². The van der Waals surface area contributed by atoms with E-state index in [0.29, 0.717) is 17.4 Å². The van der Waals surface area contributed by atoms with Gasteiger partial charge in [-0.05, 0) is 12.1 Å². The third kappa shape index (κ3) is 6.44. The van der Waals surface area contributed by atoms with Crippen LogP contribution in [0.15, 0.2) is 29.2 Å². The number of hydrogen-bond acceptors (Lipinski definition) is 4. The Balaban J connectivity index is 2.56. The minimum atomic E-state index is -2.57. The minimum Gasteiger partial charge on any atom is -0.481 e. The highest BCUT2D eigenvalue weighted by molar-refractivity contribution is 8.00. The summed E-state index contributed by atoms with van der Waals surface area (Å²) in [5.74, 6) is -4.22. The molecule has 0 fully saturated rings. The standard InChI is InChI=1S/C11H11F2NO3S2/c12-11(13)19-8-4-2-1-3-7(8)14-9(15)5-18-6-10(16)17/h1-4,11H,5-6H2,(H,14,15)(H,16,17). The molecule has 0 radical (unpaired) electrons. The number of aliphatic carboxylic acids is 1. The van der Waals surface area contributed by atoms with Gasteiger partial charge in [0.15, 0.2) is 0 Å². The lowest BCUT2D eigenvalue weighted by atomic mass is 10.3. The van der Waals surface area contributed by atoms with Crippen LogP contribution in [0.5, 0.6) is 0 Å². The van der Waals surface area contributed by atoms with Crippen LogP contribution >= 0.6 is 23.5 Å². The van der Waals surface area contributed by atoms with Crippen molar-refractivity contribution in [3.63, 3.8) is 0 Å². The molecule has 0 bridgehead atoms. The Morgan fingerprint density at radius 1 is 1.26 bits per heavy atom. The number of carbonyl (C=O) groups excluding carboxylic acids is 1. The zero-order valence-electron chi connectivity index (χ0n) is 9.64. The normalized spacial score (nSPS) is 10.5. The van der Waals surface area contributed by atoms with E-state index in [1.54, 1.807) is 12.1 Å². The molecular formula is C11H11F2NO3S2. The predicted octanol–water partition coefficient (Wildman–Crippen LogP) is 2.76. The summed E-state index contributed by atoms with van der Waals surface area (Å²) in [6, 6.07) is 6.22. The third-order valence-electron chi connectivity index (χ3n) is 1.84. The summed E-state index contributed by atoms with van der Waals surface area (Å²) in [5, 5.41) is 10.9. The zero-order chi connectivity index (χ0) is 14.3. The SMILES string of the molecule is O=C(O)CSCC(=O)Nc1ccccc1SC(F)F. The molecule has 0 saturated carbocycles. The maximum Gasteiger partial charge on any atom is 0.313 e. The van der Waals surface area contributed by atoms with Gasteiger partial charge in [-0.15, -0.1) is 11.8 Å². The summed E-state index contributed by atoms with van der Waals surface area (Å²) in [5.41, 5.74) is 0.300. The van der Waals surface area contributed by atoms with Gasteiger partial charge < -0.3 is 10.4 Å². The molecule has 0 aliphatic carbocycles. The number of carboxylic acids is 1. The number of rotatable bonds is 7. The molecule has 0 aliphatic rings. The zero-order valence-corrected chi connectivity index (χ0v) is 11.3. The van der Waals surface area contributed by atoms with E-state index >= 15 is 0 Å². The van der Waals surface area contributed by atoms with Gasteiger partial charge in [0, 0.05) is 4.90 Å². The number of hydrogen-bond donors (Lipinski definition) is 2. The fraction of sp³-hybridized carbons (Fsp3) is 0.273. The van der Waals surface area contributed by atoms with Gasteiger partial charge in [-0.1, -0.05) is 23.9 Å². The second-order valence-electron chi connectivity index (χ2n) is 3.31. The summed E-state index contributed by atoms with van der Waals surface area (Å²) in [6.45, 7) is 0. The molecule has 0 aromatic heterocycles. The van der Waals surface area contributed by atoms with Crippen LogP contribution < -0.4 is 5.32 Å². The maximum absolute atomic E-state index is 12.3. The monoisotopic (exact) mass is 307 g/mol. The van der Waals surface area contributed by atoms with Crippen molar-refractivity contribution in [1.29, 1.82) is 0 Å². The number of anilines is 1. The van der Waals surface area contributed by atoms with Crippen LogP contribution in [-0.2, 0) is 9.59 Å². The van der Waals surface area contributed by atoms with Crippen LogP contribution in [0.2, 0.25) is 0 Å². The molecule has 0 heterocycles. The first-order chi connectivity index (χ1) is 8.99. The van der Waals surface area contributed by atoms with Crippen LogP contribution in [0.25, 0.3) is 0 Å². The smallest absolute Gasteiger partial charge is 0.313 e. The molecule has 104 valence electrons. The fourth-order valence-electron chi connectivity index (χ4n) is 1.19. The Labute approximate surface area is 117 Å². The van der Waals surface area contributed by atoms with Crippen LogP contribution in [-0.4, -0.2) is 34.2 Å². The van der Waals surface area contributed by atoms with Gasteiger partial charge in [-0.25, -0.2) is 0 Å². The summed E-state index contributed by atoms with van der Waals surface area (Å²) < 4.78 is 24.6. The van der Waals surface area contributed by atoms with Crippen molar-refractivity contribution in [3.05, 3.63) is 24.3 Å². The number of benzene rings is 1. The van der Waals surface area contributed by atoms with E-state index in [9.17, 15) is 18.4 Å². The first-order valence-corrected chi connectivity index (χ1v) is 7.15. The lowest BCUT2D eigenvalue weighted by Crippen LogP contribution is -2.16. The molecule has 0 unspecified atom stereocenters. The third-order valence-corrected chi connectivity index (χ3v) is 3.54. The molecule has 0 aliphatic heterocycles. The van der Waals surface area contributed by atoms with Gasteiger partial charge in [-0.3, -0.25) is 9.59 Å². The average molecular weight is 307 g/mol. The number of carboxylic acid groups (broad SMARTS) is 1. The van der Waals surface area contributed by atoms with E-state index in [1.165, 1.54) is 12.1 Å². The Hall–Kier alpha value is -1.28. The highest BCUT2D eigenvalue weighted by atomic mass is 32.2. The summed E-state index contributed by atoms with van der Waals surface area (Å²) in [4.78, 5) is 22.1. The van der Waals surface area contributed by atoms with Gasteiger partial charge in [-0.2, -0.15) is 8.78 Å². The molecule has 0 saturated heterocycles. The van der Waals surface area contributed by atoms with Crippen LogP contribution in [0, 0.1) is 0 Å². The van der Waals surface area contributed by atoms with Crippen molar-refractivity contribution in [2.75, 3.05) is 16.8 Å². The van der Waals surface area contributed by atoms with Crippen LogP contribution in [0.1, 0.15) is 0 Å². The molecule has 1 aromatic rings. The Morgan fingerprint density at radius 3 is 2.58 bits per heavy atom. The maximum atomic E-state index is 12.3.